The number of benzene rings is 3. The highest BCUT2D eigenvalue weighted by Crippen LogP contribution is 2.39. The monoisotopic (exact) mass is 657 g/mol. The van der Waals surface area contributed by atoms with Gasteiger partial charge in [0.1, 0.15) is 29.9 Å². The molecule has 2 heterocycles. The topological polar surface area (TPSA) is 112 Å². The van der Waals surface area contributed by atoms with E-state index in [9.17, 15) is 9.59 Å². The summed E-state index contributed by atoms with van der Waals surface area (Å²) in [5, 5.41) is 9.56. The fraction of sp³-hybridized carbons (Fsp3) is 0.257. The van der Waals surface area contributed by atoms with Crippen LogP contribution < -0.4 is 29.1 Å². The number of carbonyl (C=O) groups excluding carboxylic acids is 1. The molecule has 9 nitrogen and oxygen atoms in total. The Bertz CT molecular complexity index is 2020. The Morgan fingerprint density at radius 3 is 2.50 bits per heavy atom. The molecule has 0 aliphatic carbocycles. The minimum Gasteiger partial charge on any atom is -0.497 e. The first-order valence-electron chi connectivity index (χ1n) is 14.7. The Labute approximate surface area is 275 Å². The molecule has 46 heavy (non-hydrogen) atoms. The molecule has 1 atom stereocenters. The molecular weight excluding hydrogens is 626 g/mol. The van der Waals surface area contributed by atoms with Gasteiger partial charge in [0.05, 0.1) is 48.3 Å². The van der Waals surface area contributed by atoms with Crippen molar-refractivity contribution in [1.82, 2.24) is 4.57 Å². The minimum absolute atomic E-state index is 0.161. The minimum atomic E-state index is -0.879. The van der Waals surface area contributed by atoms with E-state index in [-0.39, 0.29) is 24.3 Å². The Kier molecular flexibility index (Phi) is 10.3. The zero-order chi connectivity index (χ0) is 32.8. The van der Waals surface area contributed by atoms with Gasteiger partial charge in [0, 0.05) is 16.1 Å². The van der Waals surface area contributed by atoms with Crippen molar-refractivity contribution in [2.45, 2.75) is 39.3 Å². The second-order valence-electron chi connectivity index (χ2n) is 10.3. The van der Waals surface area contributed by atoms with Crippen LogP contribution in [0.2, 0.25) is 5.02 Å². The predicted octanol–water partition coefficient (Wildman–Crippen LogP) is 5.70. The van der Waals surface area contributed by atoms with Crippen LogP contribution in [0.5, 0.6) is 17.2 Å². The van der Waals surface area contributed by atoms with Crippen molar-refractivity contribution in [3.8, 4) is 23.3 Å². The first-order chi connectivity index (χ1) is 22.3. The highest BCUT2D eigenvalue weighted by Gasteiger charge is 2.36. The zero-order valence-corrected chi connectivity index (χ0v) is 27.4. The summed E-state index contributed by atoms with van der Waals surface area (Å²) in [5.74, 6) is 0.989. The molecule has 1 aliphatic heterocycles. The van der Waals surface area contributed by atoms with E-state index < -0.39 is 12.0 Å². The summed E-state index contributed by atoms with van der Waals surface area (Å²) >= 11 is 7.60. The zero-order valence-electron chi connectivity index (χ0n) is 25.8. The van der Waals surface area contributed by atoms with Crippen molar-refractivity contribution in [2.75, 3.05) is 20.8 Å². The lowest BCUT2D eigenvalue weighted by Gasteiger charge is -2.27. The van der Waals surface area contributed by atoms with Gasteiger partial charge in [-0.2, -0.15) is 5.26 Å². The molecule has 0 N–H and O–H groups in total. The number of aromatic nitrogens is 1. The molecular formula is C35H32ClN3O6S. The fourth-order valence-corrected chi connectivity index (χ4v) is 6.40. The highest BCUT2D eigenvalue weighted by molar-refractivity contribution is 7.07. The largest absolute Gasteiger partial charge is 0.497 e. The van der Waals surface area contributed by atoms with Crippen molar-refractivity contribution in [2.24, 2.45) is 4.99 Å². The van der Waals surface area contributed by atoms with E-state index in [0.29, 0.717) is 60.4 Å². The maximum Gasteiger partial charge on any atom is 0.338 e. The third-order valence-electron chi connectivity index (χ3n) is 7.36. The van der Waals surface area contributed by atoms with Gasteiger partial charge in [0.2, 0.25) is 0 Å². The van der Waals surface area contributed by atoms with Gasteiger partial charge in [-0.1, -0.05) is 48.4 Å². The van der Waals surface area contributed by atoms with Gasteiger partial charge in [-0.3, -0.25) is 9.36 Å². The smallest absolute Gasteiger partial charge is 0.338 e. The van der Waals surface area contributed by atoms with E-state index in [1.807, 2.05) is 19.1 Å². The van der Waals surface area contributed by atoms with Crippen LogP contribution in [-0.4, -0.2) is 31.4 Å². The molecule has 0 unspecified atom stereocenters. The first kappa shape index (κ1) is 32.5. The second kappa shape index (κ2) is 14.5. The molecule has 0 spiro atoms. The first-order valence-corrected chi connectivity index (χ1v) is 15.9. The number of thiazole rings is 1. The van der Waals surface area contributed by atoms with Crippen LogP contribution in [0.4, 0.5) is 0 Å². The normalized spacial score (nSPS) is 14.3. The number of nitriles is 1. The number of nitrogens with zero attached hydrogens (tertiary/aromatic N) is 3. The average Bonchev–Trinajstić information content (AvgIpc) is 3.37. The maximum atomic E-state index is 14.3. The van der Waals surface area contributed by atoms with Gasteiger partial charge >= 0.3 is 5.97 Å². The number of hydrogen-bond acceptors (Lipinski definition) is 9. The van der Waals surface area contributed by atoms with E-state index in [1.54, 1.807) is 68.6 Å². The standard InChI is InChI=1S/C35H32ClN3O6S/c1-5-7-27-31(34(41)44-6-2)32(26-18-25(42-3)13-15-29(26)43-4)39-33(40)30(46-35(39)38-27)17-23-16-24(36)12-14-28(23)45-20-22-10-8-21(19-37)9-11-22/h8-18,32H,5-7,20H2,1-4H3/b30-17-/t32-/m0/s1. The molecule has 0 amide bonds. The Hall–Kier alpha value is -4.85. The van der Waals surface area contributed by atoms with Crippen molar-refractivity contribution in [1.29, 1.82) is 5.26 Å². The van der Waals surface area contributed by atoms with Crippen LogP contribution in [0, 0.1) is 11.3 Å². The lowest BCUT2D eigenvalue weighted by Crippen LogP contribution is -2.40. The lowest BCUT2D eigenvalue weighted by atomic mass is 9.93. The van der Waals surface area contributed by atoms with Gasteiger partial charge in [-0.15, -0.1) is 0 Å². The quantitative estimate of drug-likeness (QED) is 0.190. The number of esters is 1. The summed E-state index contributed by atoms with van der Waals surface area (Å²) in [6.45, 7) is 4.14. The molecule has 3 aromatic carbocycles. The van der Waals surface area contributed by atoms with Gasteiger partial charge in [0.15, 0.2) is 4.80 Å². The number of allylic oxidation sites excluding steroid dienone is 1. The third-order valence-corrected chi connectivity index (χ3v) is 8.58. The molecule has 4 aromatic rings. The van der Waals surface area contributed by atoms with Crippen molar-refractivity contribution in [3.05, 3.63) is 119 Å². The molecule has 0 fully saturated rings. The summed E-state index contributed by atoms with van der Waals surface area (Å²) in [5.41, 5.74) is 3.08. The number of ether oxygens (including phenoxy) is 4. The van der Waals surface area contributed by atoms with Crippen LogP contribution >= 0.6 is 22.9 Å². The van der Waals surface area contributed by atoms with E-state index >= 15 is 0 Å². The van der Waals surface area contributed by atoms with Crippen LogP contribution in [0.3, 0.4) is 0 Å². The van der Waals surface area contributed by atoms with Crippen LogP contribution in [0.25, 0.3) is 6.08 Å². The van der Waals surface area contributed by atoms with Crippen LogP contribution in [0.15, 0.2) is 81.7 Å². The van der Waals surface area contributed by atoms with Crippen LogP contribution in [-0.2, 0) is 16.1 Å². The molecule has 0 saturated carbocycles. The highest BCUT2D eigenvalue weighted by atomic mass is 35.5. The molecule has 0 bridgehead atoms. The van der Waals surface area contributed by atoms with E-state index in [1.165, 1.54) is 23.0 Å². The number of hydrogen-bond donors (Lipinski definition) is 0. The molecule has 0 radical (unpaired) electrons. The molecule has 1 aromatic heterocycles. The van der Waals surface area contributed by atoms with Crippen molar-refractivity contribution < 1.29 is 23.7 Å². The third kappa shape index (κ3) is 6.71. The predicted molar refractivity (Wildman–Crippen MR) is 176 cm³/mol. The summed E-state index contributed by atoms with van der Waals surface area (Å²) in [7, 11) is 3.09. The molecule has 1 aliphatic rings. The summed E-state index contributed by atoms with van der Waals surface area (Å²) in [6.07, 6.45) is 2.95. The number of fused-ring (bicyclic) bond motifs is 1. The van der Waals surface area contributed by atoms with Gasteiger partial charge in [-0.25, -0.2) is 9.79 Å². The molecule has 5 rings (SSSR count). The van der Waals surface area contributed by atoms with Crippen LogP contribution in [0.1, 0.15) is 55.0 Å². The molecule has 11 heteroatoms. The van der Waals surface area contributed by atoms with Gasteiger partial charge in [-0.05, 0) is 73.5 Å². The van der Waals surface area contributed by atoms with Crippen molar-refractivity contribution in [3.63, 3.8) is 0 Å². The molecule has 0 saturated heterocycles. The van der Waals surface area contributed by atoms with Gasteiger partial charge in [0.25, 0.3) is 5.56 Å². The Morgan fingerprint density at radius 1 is 1.07 bits per heavy atom. The lowest BCUT2D eigenvalue weighted by molar-refractivity contribution is -0.139. The van der Waals surface area contributed by atoms with Crippen molar-refractivity contribution >= 4 is 35.0 Å². The number of halogens is 1. The molecule has 236 valence electrons. The summed E-state index contributed by atoms with van der Waals surface area (Å²) in [4.78, 5) is 33.2. The Balaban J connectivity index is 1.68. The van der Waals surface area contributed by atoms with E-state index in [0.717, 1.165) is 12.0 Å². The SMILES string of the molecule is CCCC1=C(C(=O)OCC)[C@H](c2cc(OC)ccc2OC)n2c(s/c(=C\c3cc(Cl)ccc3OCc3ccc(C#N)cc3)c2=O)=N1. The second-order valence-corrected chi connectivity index (χ2v) is 11.7. The maximum absolute atomic E-state index is 14.3. The number of methoxy groups -OCH3 is 2. The van der Waals surface area contributed by atoms with Gasteiger partial charge < -0.3 is 18.9 Å². The fourth-order valence-electron chi connectivity index (χ4n) is 5.21. The number of carbonyl (C=O) groups is 1. The number of rotatable bonds is 11. The van der Waals surface area contributed by atoms with E-state index in [2.05, 4.69) is 6.07 Å². The summed E-state index contributed by atoms with van der Waals surface area (Å²) < 4.78 is 24.8. The van der Waals surface area contributed by atoms with E-state index in [4.69, 9.17) is 40.8 Å². The summed E-state index contributed by atoms with van der Waals surface area (Å²) in [6, 6.07) is 18.8. The Morgan fingerprint density at radius 2 is 1.83 bits per heavy atom. The average molecular weight is 658 g/mol.